The largest absolute Gasteiger partial charge is 0.481 e. The molecule has 0 aliphatic carbocycles. The first-order chi connectivity index (χ1) is 11.4. The third-order valence-corrected chi connectivity index (χ3v) is 3.71. The van der Waals surface area contributed by atoms with E-state index in [0.29, 0.717) is 0 Å². The minimum absolute atomic E-state index is 0.198. The van der Waals surface area contributed by atoms with E-state index in [1.54, 1.807) is 6.20 Å². The number of nitrogens with one attached hydrogen (secondary N) is 2. The maximum Gasteiger partial charge on any atom is 0.326 e. The fourth-order valence-electron chi connectivity index (χ4n) is 2.43. The van der Waals surface area contributed by atoms with Crippen molar-refractivity contribution in [3.8, 4) is 0 Å². The molecule has 0 fully saturated rings. The van der Waals surface area contributed by atoms with E-state index in [0.717, 1.165) is 16.5 Å². The van der Waals surface area contributed by atoms with Gasteiger partial charge in [-0.3, -0.25) is 9.59 Å². The number of aromatic amines is 1. The number of carbonyl (C=O) groups is 3. The van der Waals surface area contributed by atoms with Gasteiger partial charge < -0.3 is 26.2 Å². The Bertz CT molecular complexity index is 755. The van der Waals surface area contributed by atoms with Gasteiger partial charge in [0.2, 0.25) is 5.91 Å². The second kappa shape index (κ2) is 7.60. The minimum Gasteiger partial charge on any atom is -0.481 e. The normalized spacial score (nSPS) is 13.4. The van der Waals surface area contributed by atoms with E-state index in [1.807, 2.05) is 24.3 Å². The van der Waals surface area contributed by atoms with Crippen LogP contribution < -0.4 is 11.1 Å². The number of hydrogen-bond acceptors (Lipinski definition) is 4. The molecule has 0 aliphatic rings. The van der Waals surface area contributed by atoms with Gasteiger partial charge in [-0.1, -0.05) is 18.2 Å². The van der Waals surface area contributed by atoms with Crippen molar-refractivity contribution in [3.05, 3.63) is 36.0 Å². The van der Waals surface area contributed by atoms with E-state index >= 15 is 0 Å². The molecule has 0 aliphatic heterocycles. The Morgan fingerprint density at radius 1 is 1.21 bits per heavy atom. The summed E-state index contributed by atoms with van der Waals surface area (Å²) in [6.45, 7) is 0. The predicted octanol–water partition coefficient (Wildman–Crippen LogP) is 0.472. The Morgan fingerprint density at radius 3 is 2.58 bits per heavy atom. The van der Waals surface area contributed by atoms with Crippen LogP contribution in [0, 0.1) is 0 Å². The molecule has 2 atom stereocenters. The Morgan fingerprint density at radius 2 is 1.92 bits per heavy atom. The highest BCUT2D eigenvalue weighted by atomic mass is 16.4. The van der Waals surface area contributed by atoms with E-state index < -0.39 is 29.9 Å². The highest BCUT2D eigenvalue weighted by Crippen LogP contribution is 2.18. The molecule has 6 N–H and O–H groups in total. The molecule has 2 rings (SSSR count). The number of carboxylic acids is 2. The zero-order chi connectivity index (χ0) is 17.7. The lowest BCUT2D eigenvalue weighted by atomic mass is 10.0. The number of carbonyl (C=O) groups excluding carboxylic acids is 1. The van der Waals surface area contributed by atoms with E-state index in [1.165, 1.54) is 0 Å². The van der Waals surface area contributed by atoms with Gasteiger partial charge in [0.25, 0.3) is 0 Å². The molecule has 1 aromatic heterocycles. The topological polar surface area (TPSA) is 146 Å². The molecule has 0 saturated carbocycles. The average Bonchev–Trinajstić information content (AvgIpc) is 2.94. The third kappa shape index (κ3) is 4.32. The lowest BCUT2D eigenvalue weighted by Gasteiger charge is -2.17. The number of aliphatic carboxylic acids is 2. The first kappa shape index (κ1) is 17.5. The highest BCUT2D eigenvalue weighted by Gasteiger charge is 2.24. The van der Waals surface area contributed by atoms with E-state index in [4.69, 9.17) is 15.9 Å². The van der Waals surface area contributed by atoms with Crippen LogP contribution in [0.15, 0.2) is 30.5 Å². The molecular weight excluding hydrogens is 314 g/mol. The van der Waals surface area contributed by atoms with Crippen LogP contribution in [0.25, 0.3) is 10.9 Å². The molecule has 0 radical (unpaired) electrons. The van der Waals surface area contributed by atoms with Crippen molar-refractivity contribution in [1.82, 2.24) is 10.3 Å². The second-order valence-electron chi connectivity index (χ2n) is 5.50. The van der Waals surface area contributed by atoms with Crippen molar-refractivity contribution >= 4 is 28.7 Å². The maximum atomic E-state index is 12.1. The monoisotopic (exact) mass is 333 g/mol. The van der Waals surface area contributed by atoms with Crippen LogP contribution >= 0.6 is 0 Å². The lowest BCUT2D eigenvalue weighted by molar-refractivity contribution is -0.143. The van der Waals surface area contributed by atoms with Crippen molar-refractivity contribution in [2.45, 2.75) is 31.3 Å². The van der Waals surface area contributed by atoms with Crippen LogP contribution in [-0.4, -0.2) is 45.1 Å². The summed E-state index contributed by atoms with van der Waals surface area (Å²) in [6, 6.07) is 5.35. The highest BCUT2D eigenvalue weighted by molar-refractivity contribution is 5.88. The molecule has 24 heavy (non-hydrogen) atoms. The van der Waals surface area contributed by atoms with Crippen molar-refractivity contribution in [1.29, 1.82) is 0 Å². The number of benzene rings is 1. The van der Waals surface area contributed by atoms with Gasteiger partial charge in [0.05, 0.1) is 6.04 Å². The van der Waals surface area contributed by atoms with Gasteiger partial charge in [-0.15, -0.1) is 0 Å². The van der Waals surface area contributed by atoms with Crippen molar-refractivity contribution in [2.75, 3.05) is 0 Å². The number of hydrogen-bond donors (Lipinski definition) is 5. The molecule has 1 aromatic carbocycles. The lowest BCUT2D eigenvalue weighted by Crippen LogP contribution is -2.49. The van der Waals surface area contributed by atoms with Crippen LogP contribution in [0.5, 0.6) is 0 Å². The molecule has 0 saturated heterocycles. The number of rotatable bonds is 8. The summed E-state index contributed by atoms with van der Waals surface area (Å²) >= 11 is 0. The minimum atomic E-state index is -1.29. The third-order valence-electron chi connectivity index (χ3n) is 3.71. The van der Waals surface area contributed by atoms with Gasteiger partial charge in [-0.2, -0.15) is 0 Å². The Kier molecular flexibility index (Phi) is 5.54. The molecule has 8 heteroatoms. The first-order valence-corrected chi connectivity index (χ1v) is 7.44. The molecule has 2 aromatic rings. The smallest absolute Gasteiger partial charge is 0.326 e. The number of nitrogens with two attached hydrogens (primary N) is 1. The number of aromatic nitrogens is 1. The molecular formula is C16H19N3O5. The van der Waals surface area contributed by atoms with Crippen molar-refractivity contribution in [3.63, 3.8) is 0 Å². The summed E-state index contributed by atoms with van der Waals surface area (Å²) in [7, 11) is 0. The predicted molar refractivity (Wildman–Crippen MR) is 86.4 cm³/mol. The van der Waals surface area contributed by atoms with Crippen molar-refractivity contribution < 1.29 is 24.6 Å². The van der Waals surface area contributed by atoms with Crippen LogP contribution in [0.1, 0.15) is 18.4 Å². The van der Waals surface area contributed by atoms with Gasteiger partial charge in [-0.05, 0) is 24.5 Å². The van der Waals surface area contributed by atoms with Gasteiger partial charge in [0.1, 0.15) is 6.04 Å². The number of H-pyrrole nitrogens is 1. The summed E-state index contributed by atoms with van der Waals surface area (Å²) in [5, 5.41) is 20.9. The fourth-order valence-corrected chi connectivity index (χ4v) is 2.43. The van der Waals surface area contributed by atoms with Gasteiger partial charge in [0, 0.05) is 23.5 Å². The van der Waals surface area contributed by atoms with Crippen LogP contribution in [0.3, 0.4) is 0 Å². The zero-order valence-corrected chi connectivity index (χ0v) is 12.9. The Labute approximate surface area is 137 Å². The molecule has 0 unspecified atom stereocenters. The van der Waals surface area contributed by atoms with Gasteiger partial charge in [-0.25, -0.2) is 4.79 Å². The standard InChI is InChI=1S/C16H19N3O5/c17-11(7-9-8-18-12-4-2-1-3-10(9)12)15(22)19-13(16(23)24)5-6-14(20)21/h1-4,8,11,13,18H,5-7,17H2,(H,19,22)(H,20,21)(H,23,24)/t11-,13-/m0/s1. The number of para-hydroxylation sites is 1. The van der Waals surface area contributed by atoms with Gasteiger partial charge in [0.15, 0.2) is 0 Å². The Hall–Kier alpha value is -2.87. The maximum absolute atomic E-state index is 12.1. The average molecular weight is 333 g/mol. The van der Waals surface area contributed by atoms with E-state index in [2.05, 4.69) is 10.3 Å². The number of amides is 1. The van der Waals surface area contributed by atoms with Gasteiger partial charge >= 0.3 is 11.9 Å². The van der Waals surface area contributed by atoms with E-state index in [9.17, 15) is 14.4 Å². The quantitative estimate of drug-likeness (QED) is 0.475. The summed E-state index contributed by atoms with van der Waals surface area (Å²) in [5.74, 6) is -3.04. The first-order valence-electron chi connectivity index (χ1n) is 7.44. The van der Waals surface area contributed by atoms with Crippen LogP contribution in [0.4, 0.5) is 0 Å². The van der Waals surface area contributed by atoms with E-state index in [-0.39, 0.29) is 19.3 Å². The summed E-state index contributed by atoms with van der Waals surface area (Å²) in [6.07, 6.45) is 1.45. The van der Waals surface area contributed by atoms with Crippen LogP contribution in [-0.2, 0) is 20.8 Å². The molecule has 0 bridgehead atoms. The molecule has 1 heterocycles. The molecule has 0 spiro atoms. The zero-order valence-electron chi connectivity index (χ0n) is 12.9. The fraction of sp³-hybridized carbons (Fsp3) is 0.312. The summed E-state index contributed by atoms with van der Waals surface area (Å²) < 4.78 is 0. The molecule has 128 valence electrons. The van der Waals surface area contributed by atoms with Crippen LogP contribution in [0.2, 0.25) is 0 Å². The Balaban J connectivity index is 2.00. The number of carboxylic acid groups (broad SMARTS) is 2. The number of fused-ring (bicyclic) bond motifs is 1. The van der Waals surface area contributed by atoms with Crippen molar-refractivity contribution in [2.24, 2.45) is 5.73 Å². The SMILES string of the molecule is N[C@@H](Cc1c[nH]c2ccccc12)C(=O)N[C@@H](CCC(=O)O)C(=O)O. The summed E-state index contributed by atoms with van der Waals surface area (Å²) in [4.78, 5) is 36.8. The molecule has 8 nitrogen and oxygen atoms in total. The molecule has 1 amide bonds. The summed E-state index contributed by atoms with van der Waals surface area (Å²) in [5.41, 5.74) is 7.64. The second-order valence-corrected chi connectivity index (χ2v) is 5.50.